The predicted octanol–water partition coefficient (Wildman–Crippen LogP) is 2.66. The molecule has 2 fully saturated rings. The van der Waals surface area contributed by atoms with Crippen molar-refractivity contribution in [3.63, 3.8) is 0 Å². The number of carbonyl (C=O) groups excluding carboxylic acids is 1. The molecule has 2 heterocycles. The highest BCUT2D eigenvalue weighted by atomic mass is 32.2. The lowest BCUT2D eigenvalue weighted by Gasteiger charge is -2.40. The van der Waals surface area contributed by atoms with E-state index < -0.39 is 9.84 Å². The molecule has 0 saturated carbocycles. The van der Waals surface area contributed by atoms with Crippen LogP contribution in [0.2, 0.25) is 0 Å². The van der Waals surface area contributed by atoms with Gasteiger partial charge in [-0.1, -0.05) is 36.8 Å². The molecule has 2 amide bonds. The molecule has 0 radical (unpaired) electrons. The molecule has 0 aromatic heterocycles. The number of sulfone groups is 1. The van der Waals surface area contributed by atoms with Crippen LogP contribution in [-0.4, -0.2) is 43.4 Å². The van der Waals surface area contributed by atoms with Crippen LogP contribution in [0.5, 0.6) is 0 Å². The molecule has 5 nitrogen and oxygen atoms in total. The van der Waals surface area contributed by atoms with Gasteiger partial charge in [0.25, 0.3) is 0 Å². The van der Waals surface area contributed by atoms with E-state index in [1.54, 1.807) is 0 Å². The summed E-state index contributed by atoms with van der Waals surface area (Å²) >= 11 is 0. The number of amides is 2. The normalized spacial score (nSPS) is 29.4. The van der Waals surface area contributed by atoms with Crippen LogP contribution >= 0.6 is 0 Å². The lowest BCUT2D eigenvalue weighted by molar-refractivity contribution is 0.118. The van der Waals surface area contributed by atoms with Crippen molar-refractivity contribution < 1.29 is 13.2 Å². The Morgan fingerprint density at radius 3 is 2.54 bits per heavy atom. The Balaban J connectivity index is 1.76. The Morgan fingerprint density at radius 2 is 1.92 bits per heavy atom. The molecule has 0 bridgehead atoms. The first-order valence-corrected chi connectivity index (χ1v) is 10.5. The molecule has 2 saturated heterocycles. The van der Waals surface area contributed by atoms with Gasteiger partial charge in [-0.2, -0.15) is 0 Å². The minimum atomic E-state index is -2.99. The average molecular weight is 350 g/mol. The Bertz CT molecular complexity index is 699. The zero-order chi connectivity index (χ0) is 17.3. The van der Waals surface area contributed by atoms with Gasteiger partial charge in [0.2, 0.25) is 0 Å². The Labute approximate surface area is 144 Å². The van der Waals surface area contributed by atoms with E-state index in [4.69, 9.17) is 0 Å². The van der Waals surface area contributed by atoms with Crippen molar-refractivity contribution in [1.82, 2.24) is 10.2 Å². The van der Waals surface area contributed by atoms with Crippen LogP contribution in [0, 0.1) is 12.8 Å². The van der Waals surface area contributed by atoms with Gasteiger partial charge in [0.1, 0.15) is 0 Å². The van der Waals surface area contributed by atoms with Crippen LogP contribution < -0.4 is 5.32 Å². The number of carbonyl (C=O) groups is 1. The number of piperidine rings is 1. The molecule has 6 heteroatoms. The average Bonchev–Trinajstić information content (AvgIpc) is 2.87. The highest BCUT2D eigenvalue weighted by Gasteiger charge is 2.35. The summed E-state index contributed by atoms with van der Waals surface area (Å²) in [5.41, 5.74) is 2.36. The number of urea groups is 1. The summed E-state index contributed by atoms with van der Waals surface area (Å²) < 4.78 is 23.2. The molecular weight excluding hydrogens is 324 g/mol. The maximum atomic E-state index is 12.8. The van der Waals surface area contributed by atoms with Crippen LogP contribution in [-0.2, 0) is 9.84 Å². The maximum Gasteiger partial charge on any atom is 0.318 e. The second-order valence-corrected chi connectivity index (χ2v) is 9.45. The summed E-state index contributed by atoms with van der Waals surface area (Å²) in [6, 6.07) is 8.03. The lowest BCUT2D eigenvalue weighted by Crippen LogP contribution is -2.50. The minimum Gasteiger partial charge on any atom is -0.334 e. The van der Waals surface area contributed by atoms with E-state index in [2.05, 4.69) is 43.4 Å². The van der Waals surface area contributed by atoms with E-state index >= 15 is 0 Å². The number of nitrogens with one attached hydrogen (secondary N) is 1. The predicted molar refractivity (Wildman–Crippen MR) is 94.6 cm³/mol. The fourth-order valence-electron chi connectivity index (χ4n) is 3.85. The standard InChI is InChI=1S/C18H26N2O3S/c1-13-5-7-15(8-6-13)17-14(2)4-3-10-20(17)18(21)19-16-9-11-24(22,23)12-16/h5-8,14,16-17H,3-4,9-12H2,1-2H3,(H,19,21)/t14-,16-,17-/m0/s1. The molecule has 2 aliphatic rings. The first kappa shape index (κ1) is 17.3. The second kappa shape index (κ2) is 6.75. The Morgan fingerprint density at radius 1 is 1.21 bits per heavy atom. The van der Waals surface area contributed by atoms with E-state index in [1.807, 2.05) is 4.90 Å². The van der Waals surface area contributed by atoms with Crippen molar-refractivity contribution in [3.05, 3.63) is 35.4 Å². The summed E-state index contributed by atoms with van der Waals surface area (Å²) in [4.78, 5) is 14.7. The number of rotatable bonds is 2. The van der Waals surface area contributed by atoms with Gasteiger partial charge in [0.05, 0.1) is 17.5 Å². The van der Waals surface area contributed by atoms with Crippen LogP contribution in [0.3, 0.4) is 0 Å². The highest BCUT2D eigenvalue weighted by Crippen LogP contribution is 2.36. The highest BCUT2D eigenvalue weighted by molar-refractivity contribution is 7.91. The van der Waals surface area contributed by atoms with Crippen molar-refractivity contribution in [2.75, 3.05) is 18.1 Å². The zero-order valence-corrected chi connectivity index (χ0v) is 15.2. The van der Waals surface area contributed by atoms with Crippen molar-refractivity contribution in [3.8, 4) is 0 Å². The summed E-state index contributed by atoms with van der Waals surface area (Å²) in [7, 11) is -2.99. The van der Waals surface area contributed by atoms with Gasteiger partial charge in [0.15, 0.2) is 9.84 Å². The van der Waals surface area contributed by atoms with E-state index in [0.717, 1.165) is 18.4 Å². The zero-order valence-electron chi connectivity index (χ0n) is 14.4. The third kappa shape index (κ3) is 3.74. The lowest BCUT2D eigenvalue weighted by atomic mass is 9.86. The number of likely N-dealkylation sites (tertiary alicyclic amines) is 1. The third-order valence-electron chi connectivity index (χ3n) is 5.17. The molecule has 1 aromatic rings. The molecule has 0 spiro atoms. The van der Waals surface area contributed by atoms with Crippen LogP contribution in [0.15, 0.2) is 24.3 Å². The van der Waals surface area contributed by atoms with Gasteiger partial charge >= 0.3 is 6.03 Å². The van der Waals surface area contributed by atoms with Crippen molar-refractivity contribution in [1.29, 1.82) is 0 Å². The smallest absolute Gasteiger partial charge is 0.318 e. The SMILES string of the molecule is Cc1ccc([C@@H]2[C@@H](C)CCCN2C(=O)N[C@H]2CCS(=O)(=O)C2)cc1. The molecule has 24 heavy (non-hydrogen) atoms. The molecule has 0 unspecified atom stereocenters. The Kier molecular flexibility index (Phi) is 4.85. The van der Waals surface area contributed by atoms with Gasteiger partial charge in [-0.25, -0.2) is 13.2 Å². The number of aryl methyl sites for hydroxylation is 1. The monoisotopic (exact) mass is 350 g/mol. The third-order valence-corrected chi connectivity index (χ3v) is 6.94. The van der Waals surface area contributed by atoms with Crippen molar-refractivity contribution in [2.24, 2.45) is 5.92 Å². The van der Waals surface area contributed by atoms with Gasteiger partial charge < -0.3 is 10.2 Å². The van der Waals surface area contributed by atoms with E-state index in [9.17, 15) is 13.2 Å². The summed E-state index contributed by atoms with van der Waals surface area (Å²) in [5, 5.41) is 2.94. The van der Waals surface area contributed by atoms with E-state index in [0.29, 0.717) is 18.9 Å². The number of nitrogens with zero attached hydrogens (tertiary/aromatic N) is 1. The molecule has 2 aliphatic heterocycles. The number of hydrogen-bond acceptors (Lipinski definition) is 3. The molecule has 0 aliphatic carbocycles. The topological polar surface area (TPSA) is 66.5 Å². The molecule has 1 aromatic carbocycles. The van der Waals surface area contributed by atoms with Gasteiger partial charge in [-0.05, 0) is 37.7 Å². The molecule has 3 rings (SSSR count). The first-order valence-electron chi connectivity index (χ1n) is 8.70. The second-order valence-electron chi connectivity index (χ2n) is 7.22. The number of benzene rings is 1. The summed E-state index contributed by atoms with van der Waals surface area (Å²) in [5.74, 6) is 0.632. The maximum absolute atomic E-state index is 12.8. The van der Waals surface area contributed by atoms with Crippen LogP contribution in [0.25, 0.3) is 0 Å². The fourth-order valence-corrected chi connectivity index (χ4v) is 5.53. The van der Waals surface area contributed by atoms with Gasteiger partial charge in [0, 0.05) is 12.6 Å². The number of hydrogen-bond donors (Lipinski definition) is 1. The van der Waals surface area contributed by atoms with Gasteiger partial charge in [-0.15, -0.1) is 0 Å². The minimum absolute atomic E-state index is 0.0531. The quantitative estimate of drug-likeness (QED) is 0.892. The molecule has 1 N–H and O–H groups in total. The molecular formula is C18H26N2O3S. The van der Waals surface area contributed by atoms with E-state index in [1.165, 1.54) is 5.56 Å². The first-order chi connectivity index (χ1) is 11.4. The Hall–Kier alpha value is -1.56. The largest absolute Gasteiger partial charge is 0.334 e. The van der Waals surface area contributed by atoms with Crippen LogP contribution in [0.4, 0.5) is 4.79 Å². The van der Waals surface area contributed by atoms with E-state index in [-0.39, 0.29) is 29.6 Å². The fraction of sp³-hybridized carbons (Fsp3) is 0.611. The van der Waals surface area contributed by atoms with Crippen molar-refractivity contribution in [2.45, 2.75) is 45.2 Å². The van der Waals surface area contributed by atoms with Gasteiger partial charge in [-0.3, -0.25) is 0 Å². The van der Waals surface area contributed by atoms with Crippen LogP contribution in [0.1, 0.15) is 43.4 Å². The summed E-state index contributed by atoms with van der Waals surface area (Å²) in [6.45, 7) is 4.96. The molecule has 132 valence electrons. The summed E-state index contributed by atoms with van der Waals surface area (Å²) in [6.07, 6.45) is 2.60. The van der Waals surface area contributed by atoms with Crippen molar-refractivity contribution >= 4 is 15.9 Å². The molecule has 3 atom stereocenters.